The Morgan fingerprint density at radius 2 is 1.57 bits per heavy atom. The van der Waals surface area contributed by atoms with Gasteiger partial charge in [-0.2, -0.15) is 0 Å². The highest BCUT2D eigenvalue weighted by Gasteiger charge is 2.23. The van der Waals surface area contributed by atoms with Crippen LogP contribution >= 0.6 is 35.3 Å². The average molecular weight is 613 g/mol. The number of thiocarbonyl (C=S) groups is 1. The van der Waals surface area contributed by atoms with E-state index in [2.05, 4.69) is 20.9 Å². The summed E-state index contributed by atoms with van der Waals surface area (Å²) in [6.07, 6.45) is 0. The number of halogens is 1. The molecule has 0 fully saturated rings. The molecule has 0 aliphatic carbocycles. The molecule has 0 spiro atoms. The van der Waals surface area contributed by atoms with E-state index in [1.807, 2.05) is 60.0 Å². The number of thioether (sulfide) groups is 1. The predicted molar refractivity (Wildman–Crippen MR) is 174 cm³/mol. The van der Waals surface area contributed by atoms with E-state index in [0.29, 0.717) is 21.5 Å². The monoisotopic (exact) mass is 612 g/mol. The Hall–Kier alpha value is -4.38. The van der Waals surface area contributed by atoms with Crippen LogP contribution in [0.3, 0.4) is 0 Å². The largest absolute Gasteiger partial charge is 0.332 e. The van der Waals surface area contributed by atoms with E-state index >= 15 is 0 Å². The Morgan fingerprint density at radius 1 is 0.857 bits per heavy atom. The van der Waals surface area contributed by atoms with Gasteiger partial charge < -0.3 is 16.0 Å². The van der Waals surface area contributed by atoms with Crippen molar-refractivity contribution in [3.05, 3.63) is 125 Å². The number of ketones is 1. The number of amides is 1. The van der Waals surface area contributed by atoms with Crippen molar-refractivity contribution in [2.75, 3.05) is 16.0 Å². The third-order valence-electron chi connectivity index (χ3n) is 6.11. The fraction of sp³-hybridized carbons (Fsp3) is 0.0625. The summed E-state index contributed by atoms with van der Waals surface area (Å²) < 4.78 is 13.3. The van der Waals surface area contributed by atoms with Crippen molar-refractivity contribution in [1.82, 2.24) is 4.98 Å². The zero-order valence-electron chi connectivity index (χ0n) is 22.3. The van der Waals surface area contributed by atoms with E-state index in [9.17, 15) is 14.0 Å². The second-order valence-electron chi connectivity index (χ2n) is 9.18. The number of carbonyl (C=O) groups is 2. The minimum Gasteiger partial charge on any atom is -0.332 e. The molecule has 10 heteroatoms. The Labute approximate surface area is 256 Å². The summed E-state index contributed by atoms with van der Waals surface area (Å²) in [7, 11) is 0. The van der Waals surface area contributed by atoms with Crippen molar-refractivity contribution < 1.29 is 14.0 Å². The molecule has 6 nitrogen and oxygen atoms in total. The lowest BCUT2D eigenvalue weighted by Gasteiger charge is -2.17. The summed E-state index contributed by atoms with van der Waals surface area (Å²) in [6, 6.07) is 30.4. The Bertz CT molecular complexity index is 1710. The number of nitrogens with one attached hydrogen (secondary N) is 3. The van der Waals surface area contributed by atoms with Gasteiger partial charge in [0.25, 0.3) is 0 Å². The molecule has 5 aromatic rings. The second kappa shape index (κ2) is 13.5. The summed E-state index contributed by atoms with van der Waals surface area (Å²) in [4.78, 5) is 30.5. The summed E-state index contributed by atoms with van der Waals surface area (Å²) in [5.74, 6) is -0.528. The van der Waals surface area contributed by atoms with E-state index < -0.39 is 5.25 Å². The molecule has 0 aliphatic rings. The number of carbonyl (C=O) groups excluding carboxylic acids is 2. The summed E-state index contributed by atoms with van der Waals surface area (Å²) in [5.41, 5.74) is 4.43. The van der Waals surface area contributed by atoms with Gasteiger partial charge in [-0.15, -0.1) is 23.1 Å². The highest BCUT2D eigenvalue weighted by atomic mass is 32.2. The molecular formula is C32H25FN4O2S3. The van der Waals surface area contributed by atoms with E-state index in [-0.39, 0.29) is 17.5 Å². The van der Waals surface area contributed by atoms with Crippen molar-refractivity contribution in [3.8, 4) is 11.3 Å². The number of rotatable bonds is 9. The molecule has 1 amide bonds. The summed E-state index contributed by atoms with van der Waals surface area (Å²) >= 11 is 8.21. The molecule has 0 bridgehead atoms. The predicted octanol–water partition coefficient (Wildman–Crippen LogP) is 8.43. The van der Waals surface area contributed by atoms with Gasteiger partial charge in [0.2, 0.25) is 5.91 Å². The first-order chi connectivity index (χ1) is 20.3. The summed E-state index contributed by atoms with van der Waals surface area (Å²) in [5, 5.41) is 11.4. The van der Waals surface area contributed by atoms with Crippen molar-refractivity contribution in [2.45, 2.75) is 17.1 Å². The topological polar surface area (TPSA) is 83.1 Å². The highest BCUT2D eigenvalue weighted by molar-refractivity contribution is 8.00. The standard InChI is InChI=1S/C32H25FN4O2S3/c1-20(38)21-12-16-25(17-13-21)34-31(40)35-26-8-5-9-27(18-26)42-29(23-6-3-2-4-7-23)30(39)37-32-36-28(19-41-32)22-10-14-24(33)15-11-22/h2-19,29H,1H3,(H2,34,35,40)(H,36,37,39). The maximum absolute atomic E-state index is 13.6. The molecule has 0 saturated carbocycles. The van der Waals surface area contributed by atoms with E-state index in [4.69, 9.17) is 12.2 Å². The Kier molecular flexibility index (Phi) is 9.38. The number of Topliss-reactive ketones (excluding diaryl/α,β-unsaturated/α-hetero) is 1. The quantitative estimate of drug-likeness (QED) is 0.0875. The smallest absolute Gasteiger partial charge is 0.244 e. The molecule has 0 saturated heterocycles. The Balaban J connectivity index is 1.28. The van der Waals surface area contributed by atoms with Crippen molar-refractivity contribution in [2.24, 2.45) is 0 Å². The van der Waals surface area contributed by atoms with E-state index in [1.54, 1.807) is 36.4 Å². The number of nitrogens with zero attached hydrogens (tertiary/aromatic N) is 1. The molecule has 0 radical (unpaired) electrons. The van der Waals surface area contributed by atoms with Crippen LogP contribution < -0.4 is 16.0 Å². The molecular weight excluding hydrogens is 588 g/mol. The van der Waals surface area contributed by atoms with Crippen molar-refractivity contribution >= 4 is 68.6 Å². The second-order valence-corrected chi connectivity index (χ2v) is 11.6. The van der Waals surface area contributed by atoms with Crippen LogP contribution in [0.15, 0.2) is 113 Å². The molecule has 210 valence electrons. The number of hydrogen-bond donors (Lipinski definition) is 3. The molecule has 1 aromatic heterocycles. The molecule has 1 heterocycles. The Morgan fingerprint density at radius 3 is 2.29 bits per heavy atom. The number of thiazole rings is 1. The number of hydrogen-bond acceptors (Lipinski definition) is 6. The van der Waals surface area contributed by atoms with Gasteiger partial charge in [0.15, 0.2) is 16.0 Å². The van der Waals surface area contributed by atoms with Gasteiger partial charge in [-0.3, -0.25) is 9.59 Å². The number of benzene rings is 4. The fourth-order valence-corrected chi connectivity index (χ4v) is 6.06. The van der Waals surface area contributed by atoms with Gasteiger partial charge >= 0.3 is 0 Å². The third kappa shape index (κ3) is 7.67. The first-order valence-electron chi connectivity index (χ1n) is 12.9. The molecule has 42 heavy (non-hydrogen) atoms. The van der Waals surface area contributed by atoms with Gasteiger partial charge in [0.05, 0.1) is 5.69 Å². The molecule has 5 rings (SSSR count). The lowest BCUT2D eigenvalue weighted by Crippen LogP contribution is -2.19. The van der Waals surface area contributed by atoms with Crippen LogP contribution in [-0.2, 0) is 4.79 Å². The normalized spacial score (nSPS) is 11.4. The average Bonchev–Trinajstić information content (AvgIpc) is 3.45. The minimum absolute atomic E-state index is 0.000421. The van der Waals surface area contributed by atoms with Crippen molar-refractivity contribution in [3.63, 3.8) is 0 Å². The maximum Gasteiger partial charge on any atom is 0.244 e. The fourth-order valence-electron chi connectivity index (χ4n) is 4.02. The van der Waals surface area contributed by atoms with E-state index in [0.717, 1.165) is 27.4 Å². The van der Waals surface area contributed by atoms with E-state index in [1.165, 1.54) is 42.2 Å². The maximum atomic E-state index is 13.6. The van der Waals surface area contributed by atoms with Gasteiger partial charge in [0, 0.05) is 32.8 Å². The number of aromatic nitrogens is 1. The van der Waals surface area contributed by atoms with Gasteiger partial charge in [-0.25, -0.2) is 9.37 Å². The molecule has 3 N–H and O–H groups in total. The SMILES string of the molecule is CC(=O)c1ccc(NC(=S)Nc2cccc(SC(C(=O)Nc3nc(-c4ccc(F)cc4)cs3)c3ccccc3)c2)cc1. The zero-order valence-corrected chi connectivity index (χ0v) is 24.8. The zero-order chi connectivity index (χ0) is 29.5. The van der Waals surface area contributed by atoms with Crippen LogP contribution in [0, 0.1) is 5.82 Å². The minimum atomic E-state index is -0.551. The first kappa shape index (κ1) is 29.1. The van der Waals surface area contributed by atoms with Crippen molar-refractivity contribution in [1.29, 1.82) is 0 Å². The highest BCUT2D eigenvalue weighted by Crippen LogP contribution is 2.37. The molecule has 1 atom stereocenters. The van der Waals surface area contributed by atoms with Gasteiger partial charge in [-0.05, 0) is 91.4 Å². The van der Waals surface area contributed by atoms with Crippen LogP contribution in [0.25, 0.3) is 11.3 Å². The lowest BCUT2D eigenvalue weighted by molar-refractivity contribution is -0.115. The molecule has 0 aliphatic heterocycles. The lowest BCUT2D eigenvalue weighted by atomic mass is 10.1. The van der Waals surface area contributed by atoms with Gasteiger partial charge in [0.1, 0.15) is 11.1 Å². The third-order valence-corrected chi connectivity index (χ3v) is 8.32. The summed E-state index contributed by atoms with van der Waals surface area (Å²) in [6.45, 7) is 1.52. The van der Waals surface area contributed by atoms with Crippen LogP contribution in [0.4, 0.5) is 20.9 Å². The van der Waals surface area contributed by atoms with Gasteiger partial charge in [-0.1, -0.05) is 36.4 Å². The van der Waals surface area contributed by atoms with Crippen LogP contribution in [0.1, 0.15) is 28.1 Å². The molecule has 1 unspecified atom stereocenters. The van der Waals surface area contributed by atoms with Crippen LogP contribution in [0.5, 0.6) is 0 Å². The first-order valence-corrected chi connectivity index (χ1v) is 15.0. The van der Waals surface area contributed by atoms with Crippen LogP contribution in [0.2, 0.25) is 0 Å². The van der Waals surface area contributed by atoms with Crippen LogP contribution in [-0.4, -0.2) is 21.8 Å². The molecule has 4 aromatic carbocycles. The number of anilines is 3.